The summed E-state index contributed by atoms with van der Waals surface area (Å²) in [5.41, 5.74) is 0.265. The van der Waals surface area contributed by atoms with Crippen LogP contribution in [-0.2, 0) is 0 Å². The van der Waals surface area contributed by atoms with Crippen molar-refractivity contribution < 1.29 is 24.2 Å². The predicted octanol–water partition coefficient (Wildman–Crippen LogP) is 6.06. The number of allylic oxidation sites excluding steroid dienone is 5. The summed E-state index contributed by atoms with van der Waals surface area (Å²) >= 11 is 0. The average Bonchev–Trinajstić information content (AvgIpc) is 2.73. The van der Waals surface area contributed by atoms with Crippen molar-refractivity contribution in [2.24, 2.45) is 0 Å². The van der Waals surface area contributed by atoms with Gasteiger partial charge in [0.15, 0.2) is 5.78 Å². The van der Waals surface area contributed by atoms with Gasteiger partial charge in [-0.05, 0) is 45.1 Å². The minimum absolute atomic E-state index is 0.206. The number of ketones is 1. The first-order valence-corrected chi connectivity index (χ1v) is 11.1. The molecule has 176 valence electrons. The molecule has 1 atom stereocenters. The fourth-order valence-electron chi connectivity index (χ4n) is 3.11. The summed E-state index contributed by atoms with van der Waals surface area (Å²) in [6.07, 6.45) is 12.1. The molecule has 0 saturated heterocycles. The monoisotopic (exact) mass is 445 g/mol. The Hall–Kier alpha value is -3.09. The van der Waals surface area contributed by atoms with Crippen LogP contribution in [0.1, 0.15) is 94.7 Å². The fourth-order valence-corrected chi connectivity index (χ4v) is 3.11. The molecule has 7 heteroatoms. The summed E-state index contributed by atoms with van der Waals surface area (Å²) in [6.45, 7) is 7.60. The normalized spacial score (nSPS) is 13.4. The second-order valence-corrected chi connectivity index (χ2v) is 8.03. The number of rotatable bonds is 13. The Kier molecular flexibility index (Phi) is 11.8. The summed E-state index contributed by atoms with van der Waals surface area (Å²) in [5.74, 6) is -0.896. The minimum atomic E-state index is -1.15. The molecular weight excluding hydrogens is 410 g/mol. The van der Waals surface area contributed by atoms with E-state index in [1.54, 1.807) is 19.1 Å². The molecule has 1 aromatic rings. The Morgan fingerprint density at radius 1 is 1.19 bits per heavy atom. The molecule has 7 nitrogen and oxygen atoms in total. The Balaban J connectivity index is 2.84. The van der Waals surface area contributed by atoms with Gasteiger partial charge in [0, 0.05) is 18.2 Å². The van der Waals surface area contributed by atoms with Crippen LogP contribution < -0.4 is 10.9 Å². The fraction of sp³-hybridized carbons (Fsp3) is 0.480. The van der Waals surface area contributed by atoms with Crippen LogP contribution in [0.25, 0.3) is 0 Å². The van der Waals surface area contributed by atoms with E-state index in [1.807, 2.05) is 19.9 Å². The molecule has 3 N–H and O–H groups in total. The number of amides is 1. The SMILES string of the molecule is CCCCCCC(C)=CC=C(C)C(=O)c1c(O)cc(C(C)CCC=CNC(=O)O)oc1=O. The molecule has 0 aliphatic carbocycles. The van der Waals surface area contributed by atoms with Crippen LogP contribution in [0.4, 0.5) is 4.79 Å². The van der Waals surface area contributed by atoms with E-state index in [1.165, 1.54) is 31.5 Å². The van der Waals surface area contributed by atoms with E-state index in [9.17, 15) is 19.5 Å². The Labute approximate surface area is 189 Å². The van der Waals surface area contributed by atoms with Gasteiger partial charge in [-0.25, -0.2) is 9.59 Å². The summed E-state index contributed by atoms with van der Waals surface area (Å²) in [5, 5.41) is 21.0. The van der Waals surface area contributed by atoms with Crippen LogP contribution >= 0.6 is 0 Å². The largest absolute Gasteiger partial charge is 0.507 e. The molecule has 0 spiro atoms. The Bertz CT molecular complexity index is 923. The Morgan fingerprint density at radius 3 is 2.53 bits per heavy atom. The van der Waals surface area contributed by atoms with Crippen molar-refractivity contribution >= 4 is 11.9 Å². The Morgan fingerprint density at radius 2 is 1.91 bits per heavy atom. The molecule has 0 fully saturated rings. The zero-order valence-corrected chi connectivity index (χ0v) is 19.4. The van der Waals surface area contributed by atoms with Gasteiger partial charge >= 0.3 is 11.7 Å². The average molecular weight is 446 g/mol. The van der Waals surface area contributed by atoms with Gasteiger partial charge in [0.05, 0.1) is 0 Å². The molecule has 1 heterocycles. The minimum Gasteiger partial charge on any atom is -0.507 e. The van der Waals surface area contributed by atoms with Gasteiger partial charge in [0.1, 0.15) is 17.1 Å². The lowest BCUT2D eigenvalue weighted by Gasteiger charge is -2.11. The lowest BCUT2D eigenvalue weighted by Crippen LogP contribution is -2.16. The van der Waals surface area contributed by atoms with Crippen molar-refractivity contribution in [1.29, 1.82) is 0 Å². The van der Waals surface area contributed by atoms with Crippen LogP contribution in [0, 0.1) is 0 Å². The summed E-state index contributed by atoms with van der Waals surface area (Å²) < 4.78 is 5.31. The van der Waals surface area contributed by atoms with E-state index < -0.39 is 23.3 Å². The lowest BCUT2D eigenvalue weighted by molar-refractivity contribution is 0.102. The van der Waals surface area contributed by atoms with Crippen LogP contribution in [0.2, 0.25) is 0 Å². The number of carbonyl (C=O) groups excluding carboxylic acids is 1. The van der Waals surface area contributed by atoms with Gasteiger partial charge in [-0.3, -0.25) is 10.1 Å². The highest BCUT2D eigenvalue weighted by Crippen LogP contribution is 2.26. The molecule has 0 saturated carbocycles. The molecular formula is C25H35NO6. The van der Waals surface area contributed by atoms with Crippen LogP contribution in [0.15, 0.2) is 50.9 Å². The third kappa shape index (κ3) is 9.37. The summed E-state index contributed by atoms with van der Waals surface area (Å²) in [6, 6.07) is 1.31. The summed E-state index contributed by atoms with van der Waals surface area (Å²) in [4.78, 5) is 35.5. The molecule has 0 aliphatic heterocycles. The highest BCUT2D eigenvalue weighted by Gasteiger charge is 2.21. The molecule has 1 amide bonds. The molecule has 32 heavy (non-hydrogen) atoms. The highest BCUT2D eigenvalue weighted by atomic mass is 16.4. The van der Waals surface area contributed by atoms with E-state index in [0.717, 1.165) is 18.4 Å². The number of Topliss-reactive ketones (excluding diaryl/α,β-unsaturated/α-hetero) is 1. The second kappa shape index (κ2) is 14.1. The van der Waals surface area contributed by atoms with Gasteiger partial charge in [-0.2, -0.15) is 0 Å². The van der Waals surface area contributed by atoms with Gasteiger partial charge < -0.3 is 14.6 Å². The van der Waals surface area contributed by atoms with Crippen molar-refractivity contribution in [3.05, 3.63) is 63.4 Å². The van der Waals surface area contributed by atoms with Crippen molar-refractivity contribution in [2.45, 2.75) is 78.6 Å². The molecule has 0 aliphatic rings. The number of unbranched alkanes of at least 4 members (excludes halogenated alkanes) is 3. The van der Waals surface area contributed by atoms with E-state index >= 15 is 0 Å². The third-order valence-corrected chi connectivity index (χ3v) is 5.15. The first-order chi connectivity index (χ1) is 15.2. The van der Waals surface area contributed by atoms with E-state index in [0.29, 0.717) is 18.4 Å². The maximum absolute atomic E-state index is 12.7. The van der Waals surface area contributed by atoms with E-state index in [4.69, 9.17) is 9.52 Å². The molecule has 1 aromatic heterocycles. The van der Waals surface area contributed by atoms with Crippen molar-refractivity contribution in [3.63, 3.8) is 0 Å². The van der Waals surface area contributed by atoms with Crippen molar-refractivity contribution in [3.8, 4) is 5.75 Å². The van der Waals surface area contributed by atoms with Gasteiger partial charge in [0.25, 0.3) is 0 Å². The molecule has 0 radical (unpaired) electrons. The van der Waals surface area contributed by atoms with Crippen molar-refractivity contribution in [1.82, 2.24) is 5.32 Å². The standard InChI is InChI=1S/C25H35NO6/c1-5-6-7-8-11-17(2)13-14-19(4)23(28)22-20(27)16-21(32-24(22)29)18(3)12-9-10-15-26-25(30)31/h10,13-16,18,26-27H,5-9,11-12H2,1-4H3,(H,30,31). The third-order valence-electron chi connectivity index (χ3n) is 5.15. The first kappa shape index (κ1) is 26.9. The quantitative estimate of drug-likeness (QED) is 0.147. The predicted molar refractivity (Wildman–Crippen MR) is 125 cm³/mol. The topological polar surface area (TPSA) is 117 Å². The van der Waals surface area contributed by atoms with Crippen LogP contribution in [-0.4, -0.2) is 22.1 Å². The number of carboxylic acid groups (broad SMARTS) is 1. The summed E-state index contributed by atoms with van der Waals surface area (Å²) in [7, 11) is 0. The van der Waals surface area contributed by atoms with Gasteiger partial charge in [-0.15, -0.1) is 0 Å². The number of hydrogen-bond donors (Lipinski definition) is 3. The van der Waals surface area contributed by atoms with E-state index in [-0.39, 0.29) is 17.2 Å². The molecule has 0 bridgehead atoms. The van der Waals surface area contributed by atoms with Gasteiger partial charge in [0.2, 0.25) is 0 Å². The molecule has 1 rings (SSSR count). The number of carbonyl (C=O) groups is 2. The maximum atomic E-state index is 12.7. The molecule has 0 aromatic carbocycles. The van der Waals surface area contributed by atoms with E-state index in [2.05, 4.69) is 12.2 Å². The zero-order chi connectivity index (χ0) is 24.1. The molecule has 1 unspecified atom stereocenters. The number of nitrogens with one attached hydrogen (secondary N) is 1. The highest BCUT2D eigenvalue weighted by molar-refractivity contribution is 6.09. The lowest BCUT2D eigenvalue weighted by atomic mass is 9.99. The first-order valence-electron chi connectivity index (χ1n) is 11.1. The smallest absolute Gasteiger partial charge is 0.408 e. The second-order valence-electron chi connectivity index (χ2n) is 8.03. The number of aromatic hydroxyl groups is 1. The van der Waals surface area contributed by atoms with Crippen LogP contribution in [0.5, 0.6) is 5.75 Å². The zero-order valence-electron chi connectivity index (χ0n) is 19.4. The van der Waals surface area contributed by atoms with Crippen molar-refractivity contribution in [2.75, 3.05) is 0 Å². The van der Waals surface area contributed by atoms with Gasteiger partial charge in [-0.1, -0.05) is 56.9 Å². The number of hydrogen-bond acceptors (Lipinski definition) is 5. The van der Waals surface area contributed by atoms with Crippen LogP contribution in [0.3, 0.4) is 0 Å². The maximum Gasteiger partial charge on any atom is 0.408 e.